The molecule has 0 aliphatic carbocycles. The molecule has 116 valence electrons. The van der Waals surface area contributed by atoms with Crippen LogP contribution in [0.2, 0.25) is 0 Å². The summed E-state index contributed by atoms with van der Waals surface area (Å²) in [5, 5.41) is 11.0. The maximum Gasteiger partial charge on any atom is 0.270 e. The van der Waals surface area contributed by atoms with Crippen molar-refractivity contribution in [1.29, 1.82) is 0 Å². The summed E-state index contributed by atoms with van der Waals surface area (Å²) < 4.78 is 15.7. The van der Waals surface area contributed by atoms with Crippen molar-refractivity contribution >= 4 is 32.5 Å². The maximum atomic E-state index is 13.9. The Bertz CT molecular complexity index is 987. The number of nitro benzene ring substituents is 1. The number of fused-ring (bicyclic) bond motifs is 1. The molecule has 2 aromatic carbocycles. The van der Waals surface area contributed by atoms with Crippen molar-refractivity contribution in [2.75, 3.05) is 0 Å². The molecule has 0 saturated carbocycles. The molecule has 6 nitrogen and oxygen atoms in total. The van der Waals surface area contributed by atoms with Gasteiger partial charge in [-0.3, -0.25) is 19.5 Å². The van der Waals surface area contributed by atoms with Gasteiger partial charge in [0.1, 0.15) is 5.82 Å². The summed E-state index contributed by atoms with van der Waals surface area (Å²) in [5.41, 5.74) is 0.0278. The van der Waals surface area contributed by atoms with Crippen LogP contribution in [-0.4, -0.2) is 14.5 Å². The number of rotatable bonds is 3. The Morgan fingerprint density at radius 1 is 1.26 bits per heavy atom. The predicted octanol–water partition coefficient (Wildman–Crippen LogP) is 3.25. The molecule has 0 radical (unpaired) electrons. The Labute approximate surface area is 137 Å². The number of non-ortho nitro benzene ring substituents is 1. The number of hydrogen-bond donors (Lipinski definition) is 0. The monoisotopic (exact) mass is 377 g/mol. The third kappa shape index (κ3) is 2.98. The molecule has 1 heterocycles. The van der Waals surface area contributed by atoms with E-state index < -0.39 is 16.3 Å². The Morgan fingerprint density at radius 2 is 2.04 bits per heavy atom. The second kappa shape index (κ2) is 5.88. The van der Waals surface area contributed by atoms with E-state index in [1.165, 1.54) is 35.2 Å². The van der Waals surface area contributed by atoms with Crippen molar-refractivity contribution in [2.24, 2.45) is 0 Å². The van der Waals surface area contributed by atoms with Gasteiger partial charge in [-0.15, -0.1) is 0 Å². The highest BCUT2D eigenvalue weighted by molar-refractivity contribution is 9.10. The van der Waals surface area contributed by atoms with Crippen LogP contribution in [0.5, 0.6) is 0 Å². The Hall–Kier alpha value is -2.61. The minimum Gasteiger partial charge on any atom is -0.294 e. The highest BCUT2D eigenvalue weighted by atomic mass is 79.9. The normalized spacial score (nSPS) is 10.9. The molecule has 0 atom stereocenters. The molecule has 0 saturated heterocycles. The number of benzene rings is 2. The second-order valence-electron chi connectivity index (χ2n) is 4.87. The van der Waals surface area contributed by atoms with Gasteiger partial charge in [-0.05, 0) is 18.2 Å². The molecular formula is C15H9BrFN3O3. The van der Waals surface area contributed by atoms with Gasteiger partial charge in [-0.2, -0.15) is 0 Å². The summed E-state index contributed by atoms with van der Waals surface area (Å²) >= 11 is 3.17. The van der Waals surface area contributed by atoms with Crippen LogP contribution in [0.1, 0.15) is 5.56 Å². The number of aromatic nitrogens is 2. The maximum absolute atomic E-state index is 13.9. The van der Waals surface area contributed by atoms with Crippen LogP contribution in [0.4, 0.5) is 10.1 Å². The second-order valence-corrected chi connectivity index (χ2v) is 5.79. The number of nitro groups is 1. The molecule has 23 heavy (non-hydrogen) atoms. The first kappa shape index (κ1) is 15.3. The smallest absolute Gasteiger partial charge is 0.270 e. The molecule has 0 aliphatic rings. The van der Waals surface area contributed by atoms with Gasteiger partial charge in [0.25, 0.3) is 11.2 Å². The van der Waals surface area contributed by atoms with Crippen LogP contribution in [0.25, 0.3) is 10.9 Å². The van der Waals surface area contributed by atoms with Crippen molar-refractivity contribution in [1.82, 2.24) is 9.55 Å². The van der Waals surface area contributed by atoms with Crippen LogP contribution in [0, 0.1) is 15.9 Å². The van der Waals surface area contributed by atoms with Gasteiger partial charge in [-0.25, -0.2) is 9.37 Å². The minimum absolute atomic E-state index is 0.0103. The lowest BCUT2D eigenvalue weighted by Gasteiger charge is -2.08. The Kier molecular flexibility index (Phi) is 3.91. The van der Waals surface area contributed by atoms with Gasteiger partial charge in [0.2, 0.25) is 0 Å². The standard InChI is InChI=1S/C15H9BrFN3O3/c16-10-2-1-9(13(17)5-10)7-19-8-18-14-4-3-11(20(22)23)6-12(14)15(19)21/h1-6,8H,7H2. The fourth-order valence-corrected chi connectivity index (χ4v) is 2.54. The molecule has 0 unspecified atom stereocenters. The first-order valence-corrected chi connectivity index (χ1v) is 7.32. The van der Waals surface area contributed by atoms with E-state index in [0.29, 0.717) is 15.6 Å². The zero-order chi connectivity index (χ0) is 16.6. The van der Waals surface area contributed by atoms with Gasteiger partial charge in [0.15, 0.2) is 0 Å². The summed E-state index contributed by atoms with van der Waals surface area (Å²) in [6.07, 6.45) is 1.30. The highest BCUT2D eigenvalue weighted by Gasteiger charge is 2.12. The lowest BCUT2D eigenvalue weighted by atomic mass is 10.2. The van der Waals surface area contributed by atoms with Crippen molar-refractivity contribution in [3.63, 3.8) is 0 Å². The molecule has 0 fully saturated rings. The summed E-state index contributed by atoms with van der Waals surface area (Å²) in [5.74, 6) is -0.453. The quantitative estimate of drug-likeness (QED) is 0.518. The third-order valence-corrected chi connectivity index (χ3v) is 3.87. The van der Waals surface area contributed by atoms with E-state index in [2.05, 4.69) is 20.9 Å². The Morgan fingerprint density at radius 3 is 2.74 bits per heavy atom. The topological polar surface area (TPSA) is 78.0 Å². The molecule has 0 spiro atoms. The zero-order valence-electron chi connectivity index (χ0n) is 11.6. The summed E-state index contributed by atoms with van der Waals surface area (Å²) in [7, 11) is 0. The predicted molar refractivity (Wildman–Crippen MR) is 85.9 cm³/mol. The largest absolute Gasteiger partial charge is 0.294 e. The fraction of sp³-hybridized carbons (Fsp3) is 0.0667. The minimum atomic E-state index is -0.579. The molecule has 0 N–H and O–H groups in total. The van der Waals surface area contributed by atoms with Gasteiger partial charge in [0, 0.05) is 22.2 Å². The van der Waals surface area contributed by atoms with Crippen molar-refractivity contribution in [2.45, 2.75) is 6.54 Å². The molecule has 1 aromatic heterocycles. The van der Waals surface area contributed by atoms with E-state index in [9.17, 15) is 19.3 Å². The van der Waals surface area contributed by atoms with E-state index >= 15 is 0 Å². The SMILES string of the molecule is O=c1c2cc([N+](=O)[O-])ccc2ncn1Cc1ccc(Br)cc1F. The number of hydrogen-bond acceptors (Lipinski definition) is 4. The van der Waals surface area contributed by atoms with E-state index in [4.69, 9.17) is 0 Å². The third-order valence-electron chi connectivity index (χ3n) is 3.37. The fourth-order valence-electron chi connectivity index (χ4n) is 2.21. The summed E-state index contributed by atoms with van der Waals surface area (Å²) in [4.78, 5) is 26.8. The molecular weight excluding hydrogens is 369 g/mol. The van der Waals surface area contributed by atoms with Gasteiger partial charge in [0.05, 0.1) is 28.7 Å². The molecule has 3 rings (SSSR count). The average molecular weight is 378 g/mol. The molecule has 0 aliphatic heterocycles. The lowest BCUT2D eigenvalue weighted by molar-refractivity contribution is -0.384. The first-order valence-electron chi connectivity index (χ1n) is 6.53. The van der Waals surface area contributed by atoms with Crippen molar-refractivity contribution in [3.8, 4) is 0 Å². The summed E-state index contributed by atoms with van der Waals surface area (Å²) in [6.45, 7) is -0.0103. The highest BCUT2D eigenvalue weighted by Crippen LogP contribution is 2.18. The van der Waals surface area contributed by atoms with Crippen LogP contribution in [0.15, 0.2) is 52.0 Å². The van der Waals surface area contributed by atoms with Crippen molar-refractivity contribution in [3.05, 3.63) is 79.0 Å². The van der Waals surface area contributed by atoms with E-state index in [1.807, 2.05) is 0 Å². The molecule has 0 bridgehead atoms. The summed E-state index contributed by atoms with van der Waals surface area (Å²) in [6, 6.07) is 8.41. The molecule has 0 amide bonds. The van der Waals surface area contributed by atoms with Crippen LogP contribution < -0.4 is 5.56 Å². The van der Waals surface area contributed by atoms with Gasteiger partial charge in [-0.1, -0.05) is 22.0 Å². The number of halogens is 2. The van der Waals surface area contributed by atoms with E-state index in [0.717, 1.165) is 0 Å². The average Bonchev–Trinajstić information content (AvgIpc) is 2.52. The van der Waals surface area contributed by atoms with E-state index in [-0.39, 0.29) is 17.6 Å². The zero-order valence-corrected chi connectivity index (χ0v) is 13.2. The number of nitrogens with zero attached hydrogens (tertiary/aromatic N) is 3. The first-order chi connectivity index (χ1) is 11.0. The Balaban J connectivity index is 2.09. The molecule has 8 heteroatoms. The van der Waals surface area contributed by atoms with Crippen LogP contribution in [0.3, 0.4) is 0 Å². The lowest BCUT2D eigenvalue weighted by Crippen LogP contribution is -2.21. The van der Waals surface area contributed by atoms with Crippen LogP contribution >= 0.6 is 15.9 Å². The van der Waals surface area contributed by atoms with Gasteiger partial charge >= 0.3 is 0 Å². The molecule has 3 aromatic rings. The van der Waals surface area contributed by atoms with Crippen LogP contribution in [-0.2, 0) is 6.54 Å². The van der Waals surface area contributed by atoms with Gasteiger partial charge < -0.3 is 0 Å². The van der Waals surface area contributed by atoms with E-state index in [1.54, 1.807) is 12.1 Å². The van der Waals surface area contributed by atoms with Crippen molar-refractivity contribution < 1.29 is 9.31 Å².